The summed E-state index contributed by atoms with van der Waals surface area (Å²) >= 11 is 0. The Morgan fingerprint density at radius 2 is 1.98 bits per heavy atom. The number of hydrogen-bond donors (Lipinski definition) is 1. The maximum absolute atomic E-state index is 13.4. The number of ether oxygens (including phenoxy) is 4. The number of methoxy groups -OCH3 is 1. The number of aliphatic hydroxyl groups excluding tert-OH is 1. The van der Waals surface area contributed by atoms with Crippen LogP contribution in [0.5, 0.6) is 11.5 Å². The zero-order valence-corrected chi connectivity index (χ0v) is 24.0. The molecule has 2 aromatic rings. The van der Waals surface area contributed by atoms with Crippen molar-refractivity contribution in [1.82, 2.24) is 9.88 Å². The van der Waals surface area contributed by atoms with E-state index < -0.39 is 23.4 Å². The second kappa shape index (κ2) is 10.5. The third-order valence-corrected chi connectivity index (χ3v) is 8.52. The Kier molecular flexibility index (Phi) is 7.42. The minimum Gasteiger partial charge on any atom is -0.493 e. The number of aliphatic hydroxyl groups is 1. The van der Waals surface area contributed by atoms with E-state index in [9.17, 15) is 9.90 Å². The summed E-state index contributed by atoms with van der Waals surface area (Å²) < 4.78 is 23.4. The molecule has 40 heavy (non-hydrogen) atoms. The molecule has 3 aliphatic rings. The lowest BCUT2D eigenvalue weighted by molar-refractivity contribution is -0.159. The lowest BCUT2D eigenvalue weighted by atomic mass is 9.72. The topological polar surface area (TPSA) is 98.0 Å². The Morgan fingerprint density at radius 1 is 1.23 bits per heavy atom. The molecular weight excluding hydrogens is 512 g/mol. The van der Waals surface area contributed by atoms with Gasteiger partial charge in [-0.25, -0.2) is 9.83 Å². The van der Waals surface area contributed by atoms with Gasteiger partial charge in [-0.05, 0) is 57.0 Å². The standard InChI is InChI=1S/C30H38N4O6/c1-18-12-32-27(11-23(18)31-6)33-13-21(14-33)39-25-10-20(8-9-24(25)37-7)22-15-34(17-30(22,5)19(2)35)28(36)26-16-38-29(3,4)40-26/h8-12,19,21-22,26,35H,13-17H2,1-5,7H3/t19-,22+,26+,30+/m1/s1. The Morgan fingerprint density at radius 3 is 2.60 bits per heavy atom. The molecule has 3 saturated heterocycles. The van der Waals surface area contributed by atoms with Crippen molar-refractivity contribution in [3.05, 3.63) is 53.0 Å². The number of aromatic nitrogens is 1. The number of amides is 1. The predicted octanol–water partition coefficient (Wildman–Crippen LogP) is 3.68. The predicted molar refractivity (Wildman–Crippen MR) is 149 cm³/mol. The van der Waals surface area contributed by atoms with E-state index in [1.54, 1.807) is 39.0 Å². The third-order valence-electron chi connectivity index (χ3n) is 8.52. The molecule has 3 aliphatic heterocycles. The minimum absolute atomic E-state index is 0.0729. The van der Waals surface area contributed by atoms with Gasteiger partial charge in [-0.3, -0.25) is 4.79 Å². The van der Waals surface area contributed by atoms with Crippen LogP contribution in [0.4, 0.5) is 11.5 Å². The molecule has 1 amide bonds. The zero-order chi connectivity index (χ0) is 28.8. The maximum Gasteiger partial charge on any atom is 0.254 e. The first-order chi connectivity index (χ1) is 18.9. The summed E-state index contributed by atoms with van der Waals surface area (Å²) in [4.78, 5) is 25.3. The number of anilines is 1. The summed E-state index contributed by atoms with van der Waals surface area (Å²) in [7, 11) is 1.61. The van der Waals surface area contributed by atoms with E-state index in [4.69, 9.17) is 25.5 Å². The van der Waals surface area contributed by atoms with Gasteiger partial charge in [0.1, 0.15) is 11.9 Å². The number of hydrogen-bond acceptors (Lipinski definition) is 8. The highest BCUT2D eigenvalue weighted by atomic mass is 16.7. The molecule has 214 valence electrons. The molecule has 0 unspecified atom stereocenters. The molecule has 0 radical (unpaired) electrons. The first-order valence-corrected chi connectivity index (χ1v) is 13.7. The van der Waals surface area contributed by atoms with Crippen molar-refractivity contribution in [2.75, 3.05) is 44.8 Å². The number of benzene rings is 1. The van der Waals surface area contributed by atoms with Crippen LogP contribution in [0.15, 0.2) is 30.5 Å². The van der Waals surface area contributed by atoms with Gasteiger partial charge in [-0.2, -0.15) is 0 Å². The number of likely N-dealkylation sites (tertiary alicyclic amines) is 1. The van der Waals surface area contributed by atoms with Crippen LogP contribution < -0.4 is 14.4 Å². The highest BCUT2D eigenvalue weighted by Gasteiger charge is 2.50. The van der Waals surface area contributed by atoms with E-state index >= 15 is 0 Å². The summed E-state index contributed by atoms with van der Waals surface area (Å²) in [6.45, 7) is 19.0. The van der Waals surface area contributed by atoms with Crippen LogP contribution in [-0.4, -0.2) is 84.9 Å². The van der Waals surface area contributed by atoms with Crippen molar-refractivity contribution in [2.45, 2.75) is 64.6 Å². The van der Waals surface area contributed by atoms with Gasteiger partial charge in [0.25, 0.3) is 5.91 Å². The van der Waals surface area contributed by atoms with Crippen LogP contribution in [-0.2, 0) is 14.3 Å². The molecule has 0 bridgehead atoms. The summed E-state index contributed by atoms with van der Waals surface area (Å²) in [5, 5.41) is 10.9. The monoisotopic (exact) mass is 550 g/mol. The molecule has 0 saturated carbocycles. The van der Waals surface area contributed by atoms with Crippen molar-refractivity contribution in [2.24, 2.45) is 5.41 Å². The zero-order valence-electron chi connectivity index (χ0n) is 24.0. The van der Waals surface area contributed by atoms with Gasteiger partial charge in [0.15, 0.2) is 29.1 Å². The molecule has 3 fully saturated rings. The summed E-state index contributed by atoms with van der Waals surface area (Å²) in [5.41, 5.74) is 1.86. The lowest BCUT2D eigenvalue weighted by Crippen LogP contribution is -2.54. The van der Waals surface area contributed by atoms with Crippen molar-refractivity contribution in [3.8, 4) is 11.5 Å². The van der Waals surface area contributed by atoms with E-state index in [0.29, 0.717) is 43.4 Å². The number of carbonyl (C=O) groups is 1. The van der Waals surface area contributed by atoms with Crippen LogP contribution in [0, 0.1) is 18.9 Å². The highest BCUT2D eigenvalue weighted by molar-refractivity contribution is 5.82. The van der Waals surface area contributed by atoms with Gasteiger partial charge in [0, 0.05) is 30.6 Å². The van der Waals surface area contributed by atoms with Crippen LogP contribution in [0.2, 0.25) is 0 Å². The largest absolute Gasteiger partial charge is 0.493 e. The van der Waals surface area contributed by atoms with Crippen molar-refractivity contribution in [1.29, 1.82) is 0 Å². The molecule has 10 heteroatoms. The second-order valence-electron chi connectivity index (χ2n) is 11.8. The number of nitrogens with zero attached hydrogens (tertiary/aromatic N) is 4. The molecule has 5 rings (SSSR count). The first-order valence-electron chi connectivity index (χ1n) is 13.7. The van der Waals surface area contributed by atoms with Gasteiger partial charge in [0.05, 0.1) is 39.5 Å². The molecular formula is C30H38N4O6. The van der Waals surface area contributed by atoms with Gasteiger partial charge in [-0.15, -0.1) is 0 Å². The van der Waals surface area contributed by atoms with Crippen LogP contribution >= 0.6 is 0 Å². The summed E-state index contributed by atoms with van der Waals surface area (Å²) in [5.74, 6) is 0.971. The molecule has 4 atom stereocenters. The Hall–Kier alpha value is -3.39. The summed E-state index contributed by atoms with van der Waals surface area (Å²) in [6, 6.07) is 7.65. The molecule has 1 N–H and O–H groups in total. The van der Waals surface area contributed by atoms with E-state index in [1.807, 2.05) is 38.1 Å². The van der Waals surface area contributed by atoms with Crippen LogP contribution in [0.25, 0.3) is 4.85 Å². The fourth-order valence-electron chi connectivity index (χ4n) is 5.78. The lowest BCUT2D eigenvalue weighted by Gasteiger charge is -2.40. The molecule has 1 aromatic heterocycles. The molecule has 0 spiro atoms. The van der Waals surface area contributed by atoms with E-state index in [0.717, 1.165) is 16.9 Å². The van der Waals surface area contributed by atoms with E-state index in [2.05, 4.69) is 14.7 Å². The number of carbonyl (C=O) groups excluding carboxylic acids is 1. The third kappa shape index (κ3) is 5.21. The van der Waals surface area contributed by atoms with Gasteiger partial charge in [-0.1, -0.05) is 13.0 Å². The quantitative estimate of drug-likeness (QED) is 0.522. The second-order valence-corrected chi connectivity index (χ2v) is 11.8. The minimum atomic E-state index is -0.791. The molecule has 10 nitrogen and oxygen atoms in total. The molecule has 4 heterocycles. The van der Waals surface area contributed by atoms with Gasteiger partial charge < -0.3 is 33.9 Å². The maximum atomic E-state index is 13.4. The number of pyridine rings is 1. The van der Waals surface area contributed by atoms with Crippen molar-refractivity contribution < 1.29 is 28.8 Å². The van der Waals surface area contributed by atoms with Gasteiger partial charge in [0.2, 0.25) is 0 Å². The smallest absolute Gasteiger partial charge is 0.254 e. The molecule has 0 aliphatic carbocycles. The number of rotatable bonds is 7. The average Bonchev–Trinajstić information content (AvgIpc) is 3.46. The summed E-state index contributed by atoms with van der Waals surface area (Å²) in [6.07, 6.45) is 0.347. The fraction of sp³-hybridized carbons (Fsp3) is 0.567. The SMILES string of the molecule is [C-]#[N+]c1cc(N2CC(Oc3cc([C@@H]4CN(C(=O)[C@@H]5COC(C)(C)O5)C[C@@]4(C)[C@@H](C)O)ccc3OC)C2)ncc1C. The van der Waals surface area contributed by atoms with E-state index in [-0.39, 0.29) is 24.5 Å². The van der Waals surface area contributed by atoms with E-state index in [1.165, 1.54) is 0 Å². The van der Waals surface area contributed by atoms with Gasteiger partial charge >= 0.3 is 0 Å². The molecule has 1 aromatic carbocycles. The van der Waals surface area contributed by atoms with Crippen molar-refractivity contribution in [3.63, 3.8) is 0 Å². The fourth-order valence-corrected chi connectivity index (χ4v) is 5.78. The Bertz CT molecular complexity index is 1320. The van der Waals surface area contributed by atoms with Crippen LogP contribution in [0.3, 0.4) is 0 Å². The normalized spacial score (nSPS) is 26.8. The number of aryl methyl sites for hydroxylation is 1. The average molecular weight is 551 g/mol. The highest BCUT2D eigenvalue weighted by Crippen LogP contribution is 2.47. The Balaban J connectivity index is 1.32. The van der Waals surface area contributed by atoms with Crippen LogP contribution in [0.1, 0.15) is 44.7 Å². The Labute approximate surface area is 235 Å². The first kappa shape index (κ1) is 28.1. The van der Waals surface area contributed by atoms with Crippen molar-refractivity contribution >= 4 is 17.4 Å².